The number of benzene rings is 7. The highest BCUT2D eigenvalue weighted by atomic mass is 16.3. The second-order valence-corrected chi connectivity index (χ2v) is 11.3. The number of fused-ring (bicyclic) bond motifs is 5. The fraction of sp³-hybridized carbons (Fsp3) is 0. The minimum Gasteiger partial charge on any atom is -0.456 e. The summed E-state index contributed by atoms with van der Waals surface area (Å²) in [5, 5.41) is 6.64. The van der Waals surface area contributed by atoms with Gasteiger partial charge >= 0.3 is 0 Å². The second kappa shape index (κ2) is 10.2. The summed E-state index contributed by atoms with van der Waals surface area (Å²) in [6.45, 7) is 0. The zero-order valence-electron chi connectivity index (χ0n) is 24.2. The monoisotopic (exact) mass is 575 g/mol. The first-order valence-corrected chi connectivity index (χ1v) is 15.0. The smallest absolute Gasteiger partial charge is 0.164 e. The molecule has 210 valence electrons. The van der Waals surface area contributed by atoms with Crippen molar-refractivity contribution in [3.63, 3.8) is 0 Å². The van der Waals surface area contributed by atoms with Gasteiger partial charge in [-0.25, -0.2) is 15.0 Å². The van der Waals surface area contributed by atoms with E-state index in [-0.39, 0.29) is 0 Å². The van der Waals surface area contributed by atoms with Gasteiger partial charge in [-0.1, -0.05) is 121 Å². The molecular weight excluding hydrogens is 550 g/mol. The molecule has 0 fully saturated rings. The van der Waals surface area contributed by atoms with Crippen molar-refractivity contribution in [3.05, 3.63) is 152 Å². The molecule has 0 aliphatic rings. The van der Waals surface area contributed by atoms with Gasteiger partial charge in [0, 0.05) is 27.5 Å². The highest BCUT2D eigenvalue weighted by molar-refractivity contribution is 6.15. The number of nitrogens with zero attached hydrogens (tertiary/aromatic N) is 3. The van der Waals surface area contributed by atoms with Crippen LogP contribution in [0.15, 0.2) is 156 Å². The maximum atomic E-state index is 6.48. The van der Waals surface area contributed by atoms with Crippen molar-refractivity contribution < 1.29 is 4.42 Å². The van der Waals surface area contributed by atoms with Gasteiger partial charge in [-0.15, -0.1) is 0 Å². The molecule has 0 bridgehead atoms. The first-order valence-electron chi connectivity index (χ1n) is 15.0. The summed E-state index contributed by atoms with van der Waals surface area (Å²) in [5.41, 5.74) is 6.80. The van der Waals surface area contributed by atoms with Crippen LogP contribution in [0.25, 0.3) is 88.8 Å². The molecule has 9 aromatic rings. The zero-order chi connectivity index (χ0) is 29.7. The van der Waals surface area contributed by atoms with Crippen LogP contribution in [0.4, 0.5) is 0 Å². The molecule has 0 aliphatic heterocycles. The Bertz CT molecular complexity index is 2540. The molecular formula is C41H25N3O. The fourth-order valence-electron chi connectivity index (χ4n) is 6.24. The molecule has 7 aromatic carbocycles. The van der Waals surface area contributed by atoms with Crippen molar-refractivity contribution in [3.8, 4) is 45.3 Å². The van der Waals surface area contributed by atoms with Crippen molar-refractivity contribution >= 4 is 43.5 Å². The minimum absolute atomic E-state index is 0.611. The lowest BCUT2D eigenvalue weighted by Crippen LogP contribution is -2.00. The van der Waals surface area contributed by atoms with E-state index in [1.165, 1.54) is 16.5 Å². The average Bonchev–Trinajstić information content (AvgIpc) is 3.48. The Balaban J connectivity index is 1.26. The number of hydrogen-bond acceptors (Lipinski definition) is 4. The summed E-state index contributed by atoms with van der Waals surface area (Å²) in [6, 6.07) is 52.3. The van der Waals surface area contributed by atoms with Gasteiger partial charge in [0.15, 0.2) is 17.5 Å². The predicted molar refractivity (Wildman–Crippen MR) is 184 cm³/mol. The fourth-order valence-corrected chi connectivity index (χ4v) is 6.24. The van der Waals surface area contributed by atoms with E-state index in [0.717, 1.165) is 54.8 Å². The maximum absolute atomic E-state index is 6.48. The first-order chi connectivity index (χ1) is 22.3. The standard InChI is InChI=1S/C41H25N3O/c1-3-10-26(11-4-1)30-19-20-31-24-35-37(25-33(31)23-30)45-36-17-9-16-34(38(35)36)41-43-39(28-13-5-2-6-14-28)42-40(44-41)32-21-18-27-12-7-8-15-29(27)22-32/h1-25H. The van der Waals surface area contributed by atoms with Crippen LogP contribution < -0.4 is 0 Å². The van der Waals surface area contributed by atoms with E-state index < -0.39 is 0 Å². The van der Waals surface area contributed by atoms with Crippen LogP contribution in [0, 0.1) is 0 Å². The molecule has 0 saturated heterocycles. The lowest BCUT2D eigenvalue weighted by Gasteiger charge is -2.10. The highest BCUT2D eigenvalue weighted by Crippen LogP contribution is 2.39. The Labute approximate surface area is 259 Å². The van der Waals surface area contributed by atoms with Crippen molar-refractivity contribution in [2.75, 3.05) is 0 Å². The Morgan fingerprint density at radius 1 is 0.356 bits per heavy atom. The summed E-state index contributed by atoms with van der Waals surface area (Å²) in [6.07, 6.45) is 0. The van der Waals surface area contributed by atoms with Gasteiger partial charge in [0.2, 0.25) is 0 Å². The topological polar surface area (TPSA) is 51.8 Å². The van der Waals surface area contributed by atoms with Gasteiger partial charge in [-0.3, -0.25) is 0 Å². The molecule has 0 aliphatic carbocycles. The first kappa shape index (κ1) is 25.4. The molecule has 9 rings (SSSR count). The number of aromatic nitrogens is 3. The Morgan fingerprint density at radius 2 is 0.978 bits per heavy atom. The van der Waals surface area contributed by atoms with Crippen LogP contribution in [-0.2, 0) is 0 Å². The van der Waals surface area contributed by atoms with Gasteiger partial charge in [-0.05, 0) is 63.0 Å². The molecule has 0 amide bonds. The Hall–Kier alpha value is -6.13. The average molecular weight is 576 g/mol. The third kappa shape index (κ3) is 4.43. The van der Waals surface area contributed by atoms with Crippen LogP contribution in [0.5, 0.6) is 0 Å². The van der Waals surface area contributed by atoms with Crippen molar-refractivity contribution in [1.29, 1.82) is 0 Å². The van der Waals surface area contributed by atoms with E-state index in [1.807, 2.05) is 48.5 Å². The predicted octanol–water partition coefficient (Wildman–Crippen LogP) is 10.7. The van der Waals surface area contributed by atoms with Crippen LogP contribution in [0.3, 0.4) is 0 Å². The van der Waals surface area contributed by atoms with E-state index in [0.29, 0.717) is 17.5 Å². The van der Waals surface area contributed by atoms with Gasteiger partial charge in [0.25, 0.3) is 0 Å². The molecule has 0 saturated carbocycles. The van der Waals surface area contributed by atoms with Gasteiger partial charge < -0.3 is 4.42 Å². The van der Waals surface area contributed by atoms with Crippen LogP contribution >= 0.6 is 0 Å². The molecule has 0 N–H and O–H groups in total. The summed E-state index contributed by atoms with van der Waals surface area (Å²) < 4.78 is 6.48. The van der Waals surface area contributed by atoms with Crippen LogP contribution in [0.2, 0.25) is 0 Å². The van der Waals surface area contributed by atoms with Gasteiger partial charge in [-0.2, -0.15) is 0 Å². The third-order valence-corrected chi connectivity index (χ3v) is 8.48. The van der Waals surface area contributed by atoms with E-state index >= 15 is 0 Å². The minimum atomic E-state index is 0.611. The van der Waals surface area contributed by atoms with Crippen molar-refractivity contribution in [2.24, 2.45) is 0 Å². The lowest BCUT2D eigenvalue weighted by molar-refractivity contribution is 0.669. The molecule has 0 spiro atoms. The highest BCUT2D eigenvalue weighted by Gasteiger charge is 2.18. The molecule has 0 atom stereocenters. The molecule has 45 heavy (non-hydrogen) atoms. The molecule has 0 radical (unpaired) electrons. The maximum Gasteiger partial charge on any atom is 0.164 e. The zero-order valence-corrected chi connectivity index (χ0v) is 24.2. The number of furan rings is 1. The molecule has 4 heteroatoms. The normalized spacial score (nSPS) is 11.6. The summed E-state index contributed by atoms with van der Waals surface area (Å²) >= 11 is 0. The van der Waals surface area contributed by atoms with Gasteiger partial charge in [0.1, 0.15) is 11.2 Å². The summed E-state index contributed by atoms with van der Waals surface area (Å²) in [4.78, 5) is 15.1. The van der Waals surface area contributed by atoms with E-state index in [1.54, 1.807) is 0 Å². The largest absolute Gasteiger partial charge is 0.456 e. The molecule has 2 heterocycles. The number of rotatable bonds is 4. The lowest BCUT2D eigenvalue weighted by atomic mass is 9.99. The van der Waals surface area contributed by atoms with Gasteiger partial charge in [0.05, 0.1) is 0 Å². The van der Waals surface area contributed by atoms with E-state index in [9.17, 15) is 0 Å². The van der Waals surface area contributed by atoms with E-state index in [2.05, 4.69) is 103 Å². The third-order valence-electron chi connectivity index (χ3n) is 8.48. The molecule has 4 nitrogen and oxygen atoms in total. The van der Waals surface area contributed by atoms with Crippen molar-refractivity contribution in [1.82, 2.24) is 15.0 Å². The van der Waals surface area contributed by atoms with Crippen LogP contribution in [-0.4, -0.2) is 15.0 Å². The molecule has 0 unspecified atom stereocenters. The number of hydrogen-bond donors (Lipinski definition) is 0. The van der Waals surface area contributed by atoms with Crippen molar-refractivity contribution in [2.45, 2.75) is 0 Å². The Kier molecular flexibility index (Phi) is 5.78. The summed E-state index contributed by atoms with van der Waals surface area (Å²) in [5.74, 6) is 1.88. The molecule has 2 aromatic heterocycles. The summed E-state index contributed by atoms with van der Waals surface area (Å²) in [7, 11) is 0. The van der Waals surface area contributed by atoms with E-state index in [4.69, 9.17) is 19.4 Å². The van der Waals surface area contributed by atoms with Crippen LogP contribution in [0.1, 0.15) is 0 Å². The Morgan fingerprint density at radius 3 is 1.80 bits per heavy atom. The second-order valence-electron chi connectivity index (χ2n) is 11.3. The SMILES string of the molecule is c1ccc(-c2ccc3cc4c(cc3c2)oc2cccc(-c3nc(-c5ccccc5)nc(-c5ccc6ccccc6c5)n3)c24)cc1. The quantitative estimate of drug-likeness (QED) is 0.209.